The Morgan fingerprint density at radius 2 is 2.25 bits per heavy atom. The lowest BCUT2D eigenvalue weighted by Crippen LogP contribution is -2.04. The molecule has 0 bridgehead atoms. The van der Waals surface area contributed by atoms with E-state index in [9.17, 15) is 0 Å². The maximum absolute atomic E-state index is 5.95. The lowest BCUT2D eigenvalue weighted by molar-refractivity contribution is 0.321. The maximum atomic E-state index is 5.95. The van der Waals surface area contributed by atoms with Crippen LogP contribution in [-0.4, -0.2) is 11.6 Å². The quantitative estimate of drug-likeness (QED) is 0.828. The average molecular weight is 218 g/mol. The molecule has 0 amide bonds. The molecule has 0 saturated carbocycles. The molecule has 86 valence electrons. The number of nitrogens with one attached hydrogen (secondary N) is 1. The molecule has 3 N–H and O–H groups in total. The fourth-order valence-electron chi connectivity index (χ4n) is 1.87. The van der Waals surface area contributed by atoms with Gasteiger partial charge >= 0.3 is 0 Å². The Balaban J connectivity index is 2.50. The van der Waals surface area contributed by atoms with Crippen LogP contribution in [0, 0.1) is 0 Å². The predicted molar refractivity (Wildman–Crippen MR) is 66.7 cm³/mol. The molecule has 3 nitrogen and oxygen atoms in total. The molecule has 2 rings (SSSR count). The molecule has 0 radical (unpaired) electrons. The van der Waals surface area contributed by atoms with Crippen molar-refractivity contribution in [3.05, 3.63) is 30.0 Å². The Bertz CT molecular complexity index is 474. The van der Waals surface area contributed by atoms with Crippen LogP contribution in [-0.2, 0) is 0 Å². The van der Waals surface area contributed by atoms with Gasteiger partial charge in [-0.1, -0.05) is 13.0 Å². The van der Waals surface area contributed by atoms with Crippen LogP contribution in [0.4, 0.5) is 0 Å². The van der Waals surface area contributed by atoms with Gasteiger partial charge in [-0.25, -0.2) is 0 Å². The minimum atomic E-state index is 0.0140. The molecule has 2 aromatic rings. The number of benzene rings is 1. The Morgan fingerprint density at radius 1 is 1.44 bits per heavy atom. The zero-order valence-electron chi connectivity index (χ0n) is 9.79. The minimum Gasteiger partial charge on any atom is -0.493 e. The SMILES string of the molecule is CCCOc1cccc2[nH]cc([C@H](C)N)c12. The van der Waals surface area contributed by atoms with Gasteiger partial charge in [0.1, 0.15) is 5.75 Å². The van der Waals surface area contributed by atoms with Gasteiger partial charge in [0.25, 0.3) is 0 Å². The second-order valence-corrected chi connectivity index (χ2v) is 4.06. The number of ether oxygens (including phenoxy) is 1. The smallest absolute Gasteiger partial charge is 0.128 e. The topological polar surface area (TPSA) is 51.0 Å². The van der Waals surface area contributed by atoms with E-state index in [-0.39, 0.29) is 6.04 Å². The molecule has 1 heterocycles. The van der Waals surface area contributed by atoms with E-state index >= 15 is 0 Å². The van der Waals surface area contributed by atoms with E-state index in [4.69, 9.17) is 10.5 Å². The molecule has 0 aliphatic heterocycles. The van der Waals surface area contributed by atoms with Crippen LogP contribution in [0.15, 0.2) is 24.4 Å². The summed E-state index contributed by atoms with van der Waals surface area (Å²) in [7, 11) is 0. The Kier molecular flexibility index (Phi) is 3.15. The van der Waals surface area contributed by atoms with Crippen molar-refractivity contribution in [2.45, 2.75) is 26.3 Å². The van der Waals surface area contributed by atoms with Crippen molar-refractivity contribution in [1.29, 1.82) is 0 Å². The first kappa shape index (κ1) is 11.0. The normalized spacial score (nSPS) is 12.9. The van der Waals surface area contributed by atoms with E-state index in [2.05, 4.69) is 11.9 Å². The highest BCUT2D eigenvalue weighted by Gasteiger charge is 2.11. The summed E-state index contributed by atoms with van der Waals surface area (Å²) in [5, 5.41) is 1.12. The van der Waals surface area contributed by atoms with Crippen molar-refractivity contribution < 1.29 is 4.74 Å². The summed E-state index contributed by atoms with van der Waals surface area (Å²) >= 11 is 0. The van der Waals surface area contributed by atoms with Gasteiger partial charge in [0.2, 0.25) is 0 Å². The first-order valence-corrected chi connectivity index (χ1v) is 5.72. The van der Waals surface area contributed by atoms with Crippen molar-refractivity contribution in [2.75, 3.05) is 6.61 Å². The average Bonchev–Trinajstić information content (AvgIpc) is 2.70. The molecular weight excluding hydrogens is 200 g/mol. The summed E-state index contributed by atoms with van der Waals surface area (Å²) in [4.78, 5) is 3.23. The molecule has 0 spiro atoms. The van der Waals surface area contributed by atoms with Gasteiger partial charge in [-0.05, 0) is 31.0 Å². The summed E-state index contributed by atoms with van der Waals surface area (Å²) < 4.78 is 5.74. The molecule has 16 heavy (non-hydrogen) atoms. The standard InChI is InChI=1S/C13H18N2O/c1-3-7-16-12-6-4-5-11-13(12)10(8-15-11)9(2)14/h4-6,8-9,15H,3,7,14H2,1-2H3/t9-/m0/s1. The molecule has 3 heteroatoms. The molecule has 0 unspecified atom stereocenters. The van der Waals surface area contributed by atoms with Crippen molar-refractivity contribution in [2.24, 2.45) is 5.73 Å². The minimum absolute atomic E-state index is 0.0140. The van der Waals surface area contributed by atoms with E-state index in [1.54, 1.807) is 0 Å². The Hall–Kier alpha value is -1.48. The molecule has 1 aromatic carbocycles. The van der Waals surface area contributed by atoms with E-state index in [1.165, 1.54) is 0 Å². The zero-order chi connectivity index (χ0) is 11.5. The second kappa shape index (κ2) is 4.58. The van der Waals surface area contributed by atoms with E-state index in [0.29, 0.717) is 0 Å². The van der Waals surface area contributed by atoms with Crippen molar-refractivity contribution in [3.63, 3.8) is 0 Å². The van der Waals surface area contributed by atoms with Crippen LogP contribution in [0.25, 0.3) is 10.9 Å². The highest BCUT2D eigenvalue weighted by molar-refractivity contribution is 5.89. The molecule has 0 aliphatic rings. The first-order valence-electron chi connectivity index (χ1n) is 5.72. The van der Waals surface area contributed by atoms with Crippen molar-refractivity contribution in [3.8, 4) is 5.75 Å². The van der Waals surface area contributed by atoms with Gasteiger partial charge in [0.05, 0.1) is 6.61 Å². The molecule has 1 atom stereocenters. The van der Waals surface area contributed by atoms with Gasteiger partial charge in [0.15, 0.2) is 0 Å². The lowest BCUT2D eigenvalue weighted by Gasteiger charge is -2.09. The van der Waals surface area contributed by atoms with Crippen LogP contribution in [0.2, 0.25) is 0 Å². The van der Waals surface area contributed by atoms with Gasteiger partial charge < -0.3 is 15.5 Å². The van der Waals surface area contributed by atoms with Gasteiger partial charge in [-0.3, -0.25) is 0 Å². The summed E-state index contributed by atoms with van der Waals surface area (Å²) in [6.07, 6.45) is 2.97. The van der Waals surface area contributed by atoms with E-state index in [1.807, 2.05) is 31.3 Å². The second-order valence-electron chi connectivity index (χ2n) is 4.06. The predicted octanol–water partition coefficient (Wildman–Crippen LogP) is 2.98. The fraction of sp³-hybridized carbons (Fsp3) is 0.385. The number of hydrogen-bond acceptors (Lipinski definition) is 2. The first-order chi connectivity index (χ1) is 7.74. The number of fused-ring (bicyclic) bond motifs is 1. The summed E-state index contributed by atoms with van der Waals surface area (Å²) in [6.45, 7) is 4.83. The van der Waals surface area contributed by atoms with E-state index < -0.39 is 0 Å². The van der Waals surface area contributed by atoms with Crippen LogP contribution >= 0.6 is 0 Å². The van der Waals surface area contributed by atoms with Crippen LogP contribution in [0.5, 0.6) is 5.75 Å². The summed E-state index contributed by atoms with van der Waals surface area (Å²) in [5.74, 6) is 0.924. The number of rotatable bonds is 4. The summed E-state index contributed by atoms with van der Waals surface area (Å²) in [6, 6.07) is 6.05. The van der Waals surface area contributed by atoms with Crippen molar-refractivity contribution in [1.82, 2.24) is 4.98 Å². The third-order valence-corrected chi connectivity index (χ3v) is 2.65. The Labute approximate surface area is 95.6 Å². The third kappa shape index (κ3) is 1.91. The Morgan fingerprint density at radius 3 is 2.94 bits per heavy atom. The molecular formula is C13H18N2O. The largest absolute Gasteiger partial charge is 0.493 e. The van der Waals surface area contributed by atoms with Crippen LogP contribution < -0.4 is 10.5 Å². The number of aromatic nitrogens is 1. The molecule has 0 fully saturated rings. The highest BCUT2D eigenvalue weighted by Crippen LogP contribution is 2.31. The van der Waals surface area contributed by atoms with E-state index in [0.717, 1.165) is 35.2 Å². The lowest BCUT2D eigenvalue weighted by atomic mass is 10.1. The van der Waals surface area contributed by atoms with Gasteiger partial charge in [-0.15, -0.1) is 0 Å². The molecule has 0 saturated heterocycles. The van der Waals surface area contributed by atoms with Crippen LogP contribution in [0.3, 0.4) is 0 Å². The monoisotopic (exact) mass is 218 g/mol. The third-order valence-electron chi connectivity index (χ3n) is 2.65. The molecule has 1 aromatic heterocycles. The van der Waals surface area contributed by atoms with Crippen molar-refractivity contribution >= 4 is 10.9 Å². The number of H-pyrrole nitrogens is 1. The number of nitrogens with two attached hydrogens (primary N) is 1. The zero-order valence-corrected chi connectivity index (χ0v) is 9.79. The number of hydrogen-bond donors (Lipinski definition) is 2. The van der Waals surface area contributed by atoms with Gasteiger partial charge in [-0.2, -0.15) is 0 Å². The molecule has 0 aliphatic carbocycles. The van der Waals surface area contributed by atoms with Gasteiger partial charge in [0, 0.05) is 23.1 Å². The maximum Gasteiger partial charge on any atom is 0.128 e. The fourth-order valence-corrected chi connectivity index (χ4v) is 1.87. The highest BCUT2D eigenvalue weighted by atomic mass is 16.5. The van der Waals surface area contributed by atoms with Crippen LogP contribution in [0.1, 0.15) is 31.9 Å². The summed E-state index contributed by atoms with van der Waals surface area (Å²) in [5.41, 5.74) is 8.14. The number of aromatic amines is 1.